The van der Waals surface area contributed by atoms with Gasteiger partial charge in [-0.3, -0.25) is 0 Å². The Hall–Kier alpha value is -1.41. The van der Waals surface area contributed by atoms with Crippen molar-refractivity contribution in [3.63, 3.8) is 0 Å². The zero-order chi connectivity index (χ0) is 16.3. The number of aliphatic hydroxyl groups excluding tert-OH is 1. The standard InChI is InChI=1S/C13H18F4N2O2/c1-12(2,3)19-6-9(20)7-21-11-10(13(15,16)17)4-8(14)5-18-11/h4-5,9,19-20H,6-7H2,1-3H3. The Balaban J connectivity index is 2.67. The molecule has 0 spiro atoms. The third kappa shape index (κ3) is 6.26. The fourth-order valence-electron chi connectivity index (χ4n) is 1.40. The molecule has 1 aromatic heterocycles. The van der Waals surface area contributed by atoms with Crippen LogP contribution in [0.5, 0.6) is 5.88 Å². The Morgan fingerprint density at radius 1 is 1.33 bits per heavy atom. The summed E-state index contributed by atoms with van der Waals surface area (Å²) in [6.45, 7) is 5.40. The summed E-state index contributed by atoms with van der Waals surface area (Å²) < 4.78 is 55.8. The Bertz CT molecular complexity index is 472. The maximum atomic E-state index is 12.9. The van der Waals surface area contributed by atoms with Crippen molar-refractivity contribution < 1.29 is 27.4 Å². The van der Waals surface area contributed by atoms with Crippen LogP contribution in [0.4, 0.5) is 17.6 Å². The molecule has 4 nitrogen and oxygen atoms in total. The van der Waals surface area contributed by atoms with Gasteiger partial charge in [-0.05, 0) is 26.8 Å². The molecule has 8 heteroatoms. The first-order valence-electron chi connectivity index (χ1n) is 6.27. The van der Waals surface area contributed by atoms with Crippen molar-refractivity contribution in [2.45, 2.75) is 38.6 Å². The largest absolute Gasteiger partial charge is 0.474 e. The first kappa shape index (κ1) is 17.6. The van der Waals surface area contributed by atoms with Crippen molar-refractivity contribution in [3.05, 3.63) is 23.6 Å². The third-order valence-corrected chi connectivity index (χ3v) is 2.40. The molecule has 1 unspecified atom stereocenters. The van der Waals surface area contributed by atoms with Crippen molar-refractivity contribution >= 4 is 0 Å². The molecule has 1 heterocycles. The minimum absolute atomic E-state index is 0.145. The lowest BCUT2D eigenvalue weighted by Gasteiger charge is -2.23. The Kier molecular flexibility index (Phi) is 5.52. The zero-order valence-corrected chi connectivity index (χ0v) is 12.0. The van der Waals surface area contributed by atoms with E-state index in [2.05, 4.69) is 10.3 Å². The molecule has 0 radical (unpaired) electrons. The molecule has 21 heavy (non-hydrogen) atoms. The average molecular weight is 310 g/mol. The van der Waals surface area contributed by atoms with Crippen LogP contribution in [0.2, 0.25) is 0 Å². The SMILES string of the molecule is CC(C)(C)NCC(O)COc1ncc(F)cc1C(F)(F)F. The summed E-state index contributed by atoms with van der Waals surface area (Å²) in [6.07, 6.45) is -5.17. The molecule has 0 aliphatic rings. The number of hydrogen-bond donors (Lipinski definition) is 2. The van der Waals surface area contributed by atoms with Gasteiger partial charge < -0.3 is 15.2 Å². The smallest absolute Gasteiger partial charge is 0.421 e. The minimum Gasteiger partial charge on any atom is -0.474 e. The van der Waals surface area contributed by atoms with Crippen molar-refractivity contribution in [2.75, 3.05) is 13.2 Å². The van der Waals surface area contributed by atoms with Crippen molar-refractivity contribution in [3.8, 4) is 5.88 Å². The highest BCUT2D eigenvalue weighted by molar-refractivity contribution is 5.29. The number of ether oxygens (including phenoxy) is 1. The number of pyridine rings is 1. The van der Waals surface area contributed by atoms with Crippen molar-refractivity contribution in [1.29, 1.82) is 0 Å². The summed E-state index contributed by atoms with van der Waals surface area (Å²) in [5.74, 6) is -1.86. The number of rotatable bonds is 5. The second kappa shape index (κ2) is 6.57. The van der Waals surface area contributed by atoms with Crippen LogP contribution in [0.15, 0.2) is 12.3 Å². The molecule has 0 aliphatic carbocycles. The highest BCUT2D eigenvalue weighted by Gasteiger charge is 2.36. The minimum atomic E-state index is -4.78. The van der Waals surface area contributed by atoms with Crippen LogP contribution >= 0.6 is 0 Å². The molecule has 0 saturated carbocycles. The third-order valence-electron chi connectivity index (χ3n) is 2.40. The van der Waals surface area contributed by atoms with Gasteiger partial charge in [0.1, 0.15) is 24.1 Å². The van der Waals surface area contributed by atoms with Crippen LogP contribution in [-0.4, -0.2) is 34.9 Å². The van der Waals surface area contributed by atoms with E-state index in [-0.39, 0.29) is 18.7 Å². The first-order chi connectivity index (χ1) is 9.49. The summed E-state index contributed by atoms with van der Waals surface area (Å²) in [5.41, 5.74) is -1.55. The predicted octanol–water partition coefficient (Wildman–Crippen LogP) is 2.37. The molecule has 2 N–H and O–H groups in total. The van der Waals surface area contributed by atoms with E-state index in [4.69, 9.17) is 4.74 Å². The van der Waals surface area contributed by atoms with Gasteiger partial charge in [0.05, 0.1) is 6.20 Å². The number of alkyl halides is 3. The maximum absolute atomic E-state index is 12.9. The maximum Gasteiger partial charge on any atom is 0.421 e. The Labute approximate surface area is 120 Å². The summed E-state index contributed by atoms with van der Waals surface area (Å²) >= 11 is 0. The predicted molar refractivity (Wildman–Crippen MR) is 68.5 cm³/mol. The van der Waals surface area contributed by atoms with Gasteiger partial charge >= 0.3 is 6.18 Å². The first-order valence-corrected chi connectivity index (χ1v) is 6.27. The highest BCUT2D eigenvalue weighted by atomic mass is 19.4. The van der Waals surface area contributed by atoms with Crippen LogP contribution in [0.3, 0.4) is 0 Å². The normalized spacial score (nSPS) is 14.1. The van der Waals surface area contributed by atoms with E-state index in [9.17, 15) is 22.7 Å². The van der Waals surface area contributed by atoms with E-state index in [0.717, 1.165) is 0 Å². The topological polar surface area (TPSA) is 54.4 Å². The van der Waals surface area contributed by atoms with E-state index < -0.39 is 29.5 Å². The molecular weight excluding hydrogens is 292 g/mol. The summed E-state index contributed by atoms with van der Waals surface area (Å²) in [7, 11) is 0. The quantitative estimate of drug-likeness (QED) is 0.820. The highest BCUT2D eigenvalue weighted by Crippen LogP contribution is 2.35. The lowest BCUT2D eigenvalue weighted by Crippen LogP contribution is -2.42. The number of aromatic nitrogens is 1. The molecule has 1 atom stereocenters. The summed E-state index contributed by atoms with van der Waals surface area (Å²) in [4.78, 5) is 3.28. The Morgan fingerprint density at radius 2 is 1.95 bits per heavy atom. The van der Waals surface area contributed by atoms with E-state index >= 15 is 0 Å². The van der Waals surface area contributed by atoms with Crippen LogP contribution in [0.25, 0.3) is 0 Å². The molecule has 0 bridgehead atoms. The molecule has 1 rings (SSSR count). The monoisotopic (exact) mass is 310 g/mol. The fourth-order valence-corrected chi connectivity index (χ4v) is 1.40. The second-order valence-electron chi connectivity index (χ2n) is 5.60. The van der Waals surface area contributed by atoms with Crippen molar-refractivity contribution in [1.82, 2.24) is 10.3 Å². The lowest BCUT2D eigenvalue weighted by atomic mass is 10.1. The molecule has 1 aromatic rings. The lowest BCUT2D eigenvalue weighted by molar-refractivity contribution is -0.139. The van der Waals surface area contributed by atoms with Gasteiger partial charge in [0, 0.05) is 12.1 Å². The molecule has 0 amide bonds. The number of β-amino-alcohol motifs (C(OH)–C–C–N with tert-alkyl or cyclic N) is 1. The molecular formula is C13H18F4N2O2. The van der Waals surface area contributed by atoms with Gasteiger partial charge in [-0.25, -0.2) is 9.37 Å². The van der Waals surface area contributed by atoms with Crippen LogP contribution in [0, 0.1) is 5.82 Å². The number of aliphatic hydroxyl groups is 1. The zero-order valence-electron chi connectivity index (χ0n) is 12.0. The fraction of sp³-hybridized carbons (Fsp3) is 0.615. The van der Waals surface area contributed by atoms with Crippen molar-refractivity contribution in [2.24, 2.45) is 0 Å². The summed E-state index contributed by atoms with van der Waals surface area (Å²) in [6, 6.07) is 0.308. The van der Waals surface area contributed by atoms with Gasteiger partial charge in [-0.1, -0.05) is 0 Å². The summed E-state index contributed by atoms with van der Waals surface area (Å²) in [5, 5.41) is 12.6. The second-order valence-corrected chi connectivity index (χ2v) is 5.60. The number of halogens is 4. The van der Waals surface area contributed by atoms with Gasteiger partial charge in [-0.2, -0.15) is 13.2 Å². The molecule has 0 aromatic carbocycles. The van der Waals surface area contributed by atoms with E-state index in [1.165, 1.54) is 0 Å². The molecule has 0 saturated heterocycles. The van der Waals surface area contributed by atoms with Crippen LogP contribution < -0.4 is 10.1 Å². The molecule has 120 valence electrons. The number of nitrogens with one attached hydrogen (secondary N) is 1. The van der Waals surface area contributed by atoms with Gasteiger partial charge in [0.25, 0.3) is 0 Å². The van der Waals surface area contributed by atoms with Gasteiger partial charge in [-0.15, -0.1) is 0 Å². The van der Waals surface area contributed by atoms with E-state index in [1.807, 2.05) is 20.8 Å². The molecule has 0 fully saturated rings. The van der Waals surface area contributed by atoms with Crippen LogP contribution in [-0.2, 0) is 6.18 Å². The number of nitrogens with zero attached hydrogens (tertiary/aromatic N) is 1. The van der Waals surface area contributed by atoms with E-state index in [0.29, 0.717) is 12.3 Å². The van der Waals surface area contributed by atoms with Crippen LogP contribution in [0.1, 0.15) is 26.3 Å². The number of hydrogen-bond acceptors (Lipinski definition) is 4. The van der Waals surface area contributed by atoms with Gasteiger partial charge in [0.15, 0.2) is 0 Å². The average Bonchev–Trinajstić information content (AvgIpc) is 2.32. The molecule has 0 aliphatic heterocycles. The Morgan fingerprint density at radius 3 is 2.48 bits per heavy atom. The van der Waals surface area contributed by atoms with E-state index in [1.54, 1.807) is 0 Å². The van der Waals surface area contributed by atoms with Gasteiger partial charge in [0.2, 0.25) is 5.88 Å².